The van der Waals surface area contributed by atoms with Gasteiger partial charge in [-0.25, -0.2) is 0 Å². The Bertz CT molecular complexity index is 1000. The summed E-state index contributed by atoms with van der Waals surface area (Å²) < 4.78 is 17.9. The quantitative estimate of drug-likeness (QED) is 0.600. The number of methoxy groups -OCH3 is 2. The fraction of sp³-hybridized carbons (Fsp3) is 0.238. The van der Waals surface area contributed by atoms with Crippen molar-refractivity contribution in [3.63, 3.8) is 0 Å². The van der Waals surface area contributed by atoms with Gasteiger partial charge < -0.3 is 18.6 Å². The molecular weight excluding hydrogens is 344 g/mol. The average molecular weight is 364 g/mol. The number of rotatable bonds is 7. The number of fused-ring (bicyclic) bond motifs is 1. The van der Waals surface area contributed by atoms with Crippen molar-refractivity contribution < 1.29 is 19.0 Å². The van der Waals surface area contributed by atoms with Crippen molar-refractivity contribution in [2.45, 2.75) is 19.4 Å². The molecule has 0 fully saturated rings. The summed E-state index contributed by atoms with van der Waals surface area (Å²) >= 11 is 0. The van der Waals surface area contributed by atoms with Crippen LogP contribution >= 0.6 is 0 Å². The maximum Gasteiger partial charge on any atom is 0.306 e. The molecule has 0 amide bonds. The second-order valence-corrected chi connectivity index (χ2v) is 5.95. The zero-order chi connectivity index (χ0) is 19.2. The number of aromatic nitrogens is 1. The highest BCUT2D eigenvalue weighted by Crippen LogP contribution is 2.31. The third-order valence-electron chi connectivity index (χ3n) is 4.35. The number of hydrogen-bond donors (Lipinski definition) is 0. The minimum atomic E-state index is -0.334. The van der Waals surface area contributed by atoms with Crippen LogP contribution in [0.1, 0.15) is 23.1 Å². The minimum absolute atomic E-state index is 0.0681. The summed E-state index contributed by atoms with van der Waals surface area (Å²) in [6.45, 7) is 0.0681. The van der Waals surface area contributed by atoms with E-state index in [0.29, 0.717) is 29.0 Å². The van der Waals surface area contributed by atoms with Crippen LogP contribution in [0.2, 0.25) is 0 Å². The monoisotopic (exact) mass is 364 g/mol. The molecule has 0 atom stereocenters. The number of pyridine rings is 1. The topological polar surface area (TPSA) is 73.0 Å². The number of carbonyl (C=O) groups excluding carboxylic acids is 1. The molecule has 0 aliphatic rings. The van der Waals surface area contributed by atoms with Gasteiger partial charge in [-0.1, -0.05) is 18.2 Å². The van der Waals surface area contributed by atoms with Crippen LogP contribution < -0.4 is 9.47 Å². The first-order valence-corrected chi connectivity index (χ1v) is 8.52. The van der Waals surface area contributed by atoms with Gasteiger partial charge in [-0.05, 0) is 30.2 Å². The SMILES string of the molecule is COc1cccc(CCC(=O)OCc2cn3ccccc3c2C#N)c1OC. The second kappa shape index (κ2) is 8.28. The Hall–Kier alpha value is -3.46. The first-order chi connectivity index (χ1) is 13.2. The van der Waals surface area contributed by atoms with E-state index < -0.39 is 0 Å². The van der Waals surface area contributed by atoms with Crippen LogP contribution in [0.3, 0.4) is 0 Å². The van der Waals surface area contributed by atoms with Crippen molar-refractivity contribution in [3.05, 3.63) is 65.5 Å². The summed E-state index contributed by atoms with van der Waals surface area (Å²) in [7, 11) is 3.14. The van der Waals surface area contributed by atoms with E-state index in [1.54, 1.807) is 14.2 Å². The van der Waals surface area contributed by atoms with Crippen LogP contribution in [-0.2, 0) is 22.6 Å². The smallest absolute Gasteiger partial charge is 0.306 e. The molecule has 3 aromatic rings. The zero-order valence-corrected chi connectivity index (χ0v) is 15.3. The van der Waals surface area contributed by atoms with E-state index in [2.05, 4.69) is 6.07 Å². The number of carbonyl (C=O) groups is 1. The third kappa shape index (κ3) is 3.87. The first-order valence-electron chi connectivity index (χ1n) is 8.52. The lowest BCUT2D eigenvalue weighted by Crippen LogP contribution is -2.07. The minimum Gasteiger partial charge on any atom is -0.493 e. The van der Waals surface area contributed by atoms with Gasteiger partial charge in [0.05, 0.1) is 25.3 Å². The molecule has 3 rings (SSSR count). The first kappa shape index (κ1) is 18.3. The predicted molar refractivity (Wildman–Crippen MR) is 99.8 cm³/mol. The molecule has 0 unspecified atom stereocenters. The van der Waals surface area contributed by atoms with Gasteiger partial charge in [0.2, 0.25) is 0 Å². The van der Waals surface area contributed by atoms with Gasteiger partial charge in [-0.3, -0.25) is 4.79 Å². The van der Waals surface area contributed by atoms with Gasteiger partial charge in [-0.2, -0.15) is 5.26 Å². The Balaban J connectivity index is 1.64. The largest absolute Gasteiger partial charge is 0.493 e. The highest BCUT2D eigenvalue weighted by atomic mass is 16.5. The van der Waals surface area contributed by atoms with Gasteiger partial charge in [0.15, 0.2) is 11.5 Å². The number of nitrogens with zero attached hydrogens (tertiary/aromatic N) is 2. The van der Waals surface area contributed by atoms with Crippen LogP contribution in [0.5, 0.6) is 11.5 Å². The van der Waals surface area contributed by atoms with Crippen LogP contribution in [-0.4, -0.2) is 24.6 Å². The summed E-state index contributed by atoms with van der Waals surface area (Å²) in [6.07, 6.45) is 4.35. The highest BCUT2D eigenvalue weighted by Gasteiger charge is 2.14. The van der Waals surface area contributed by atoms with E-state index in [-0.39, 0.29) is 19.0 Å². The van der Waals surface area contributed by atoms with Gasteiger partial charge in [-0.15, -0.1) is 0 Å². The molecule has 2 heterocycles. The number of nitriles is 1. The molecule has 0 aliphatic carbocycles. The molecule has 0 saturated heterocycles. The third-order valence-corrected chi connectivity index (χ3v) is 4.35. The fourth-order valence-electron chi connectivity index (χ4n) is 3.03. The molecule has 0 spiro atoms. The molecule has 1 aromatic carbocycles. The predicted octanol–water partition coefficient (Wildman–Crippen LogP) is 3.50. The molecular formula is C21H20N2O4. The van der Waals surface area contributed by atoms with E-state index in [1.807, 2.05) is 53.2 Å². The van der Waals surface area contributed by atoms with Crippen molar-refractivity contribution in [2.24, 2.45) is 0 Å². The lowest BCUT2D eigenvalue weighted by molar-refractivity contribution is -0.144. The van der Waals surface area contributed by atoms with E-state index in [9.17, 15) is 10.1 Å². The molecule has 0 radical (unpaired) electrons. The molecule has 0 aliphatic heterocycles. The lowest BCUT2D eigenvalue weighted by Gasteiger charge is -2.12. The molecule has 2 aromatic heterocycles. The molecule has 0 bridgehead atoms. The maximum atomic E-state index is 12.2. The van der Waals surface area contributed by atoms with E-state index >= 15 is 0 Å². The Morgan fingerprint density at radius 1 is 1.11 bits per heavy atom. The van der Waals surface area contributed by atoms with Gasteiger partial charge >= 0.3 is 5.97 Å². The Labute approximate surface area is 157 Å². The molecule has 0 N–H and O–H groups in total. The van der Waals surface area contributed by atoms with Crippen molar-refractivity contribution >= 4 is 11.5 Å². The fourth-order valence-corrected chi connectivity index (χ4v) is 3.03. The molecule has 6 nitrogen and oxygen atoms in total. The normalized spacial score (nSPS) is 10.4. The number of para-hydroxylation sites is 1. The summed E-state index contributed by atoms with van der Waals surface area (Å²) in [6, 6.07) is 13.3. The molecule has 27 heavy (non-hydrogen) atoms. The Kier molecular flexibility index (Phi) is 5.62. The number of benzene rings is 1. The van der Waals surface area contributed by atoms with Gasteiger partial charge in [0.1, 0.15) is 12.7 Å². The van der Waals surface area contributed by atoms with E-state index in [0.717, 1.165) is 11.1 Å². The Morgan fingerprint density at radius 2 is 1.96 bits per heavy atom. The zero-order valence-electron chi connectivity index (χ0n) is 15.3. The van der Waals surface area contributed by atoms with Crippen LogP contribution in [0.4, 0.5) is 0 Å². The highest BCUT2D eigenvalue weighted by molar-refractivity contribution is 5.71. The van der Waals surface area contributed by atoms with Crippen molar-refractivity contribution in [2.75, 3.05) is 14.2 Å². The average Bonchev–Trinajstić information content (AvgIpc) is 3.07. The second-order valence-electron chi connectivity index (χ2n) is 5.95. The van der Waals surface area contributed by atoms with Crippen LogP contribution in [0, 0.1) is 11.3 Å². The van der Waals surface area contributed by atoms with Crippen LogP contribution in [0.15, 0.2) is 48.8 Å². The van der Waals surface area contributed by atoms with Crippen molar-refractivity contribution in [1.82, 2.24) is 4.40 Å². The number of esters is 1. The van der Waals surface area contributed by atoms with Gasteiger partial charge in [0.25, 0.3) is 0 Å². The molecule has 6 heteroatoms. The standard InChI is InChI=1S/C21H20N2O4/c1-25-19-8-5-6-15(21(19)26-2)9-10-20(24)27-14-16-13-23-11-4-3-7-18(23)17(16)12-22/h3-8,11,13H,9-10,14H2,1-2H3. The summed E-state index contributed by atoms with van der Waals surface area (Å²) in [5.41, 5.74) is 2.89. The summed E-state index contributed by atoms with van der Waals surface area (Å²) in [4.78, 5) is 12.2. The van der Waals surface area contributed by atoms with Crippen molar-refractivity contribution in [1.29, 1.82) is 5.26 Å². The number of ether oxygens (including phenoxy) is 3. The number of hydrogen-bond acceptors (Lipinski definition) is 5. The van der Waals surface area contributed by atoms with E-state index in [4.69, 9.17) is 14.2 Å². The summed E-state index contributed by atoms with van der Waals surface area (Å²) in [5, 5.41) is 9.40. The van der Waals surface area contributed by atoms with E-state index in [1.165, 1.54) is 0 Å². The Morgan fingerprint density at radius 3 is 2.70 bits per heavy atom. The number of aryl methyl sites for hydroxylation is 1. The summed E-state index contributed by atoms with van der Waals surface area (Å²) in [5.74, 6) is 0.916. The lowest BCUT2D eigenvalue weighted by atomic mass is 10.1. The molecule has 0 saturated carbocycles. The van der Waals surface area contributed by atoms with Crippen molar-refractivity contribution in [3.8, 4) is 17.6 Å². The maximum absolute atomic E-state index is 12.2. The van der Waals surface area contributed by atoms with Gasteiger partial charge in [0, 0.05) is 24.4 Å². The van der Waals surface area contributed by atoms with Crippen LogP contribution in [0.25, 0.3) is 5.52 Å². The molecule has 138 valence electrons.